The zero-order chi connectivity index (χ0) is 24.5. The third-order valence-electron chi connectivity index (χ3n) is 6.93. The predicted molar refractivity (Wildman–Crippen MR) is 131 cm³/mol. The molecule has 1 heterocycles. The lowest BCUT2D eigenvalue weighted by atomic mass is 9.86. The van der Waals surface area contributed by atoms with Gasteiger partial charge in [0.15, 0.2) is 6.61 Å². The van der Waals surface area contributed by atoms with Crippen LogP contribution in [0.25, 0.3) is 10.8 Å². The molecular formula is C28H26N2O5. The van der Waals surface area contributed by atoms with Gasteiger partial charge in [-0.25, -0.2) is 9.69 Å². The Morgan fingerprint density at radius 2 is 1.54 bits per heavy atom. The zero-order valence-corrected chi connectivity index (χ0v) is 19.5. The van der Waals surface area contributed by atoms with Crippen molar-refractivity contribution in [1.29, 1.82) is 0 Å². The SMILES string of the molecule is CC1CCCCC1NC(=O)COC(=O)c1ccc(N2C(=O)c3cccc4cccc(c34)C2=O)cc1. The van der Waals surface area contributed by atoms with Crippen molar-refractivity contribution in [2.24, 2.45) is 5.92 Å². The predicted octanol–water partition coefficient (Wildman–Crippen LogP) is 4.49. The van der Waals surface area contributed by atoms with Gasteiger partial charge in [-0.15, -0.1) is 0 Å². The molecule has 3 amide bonds. The molecule has 1 fully saturated rings. The number of carbonyl (C=O) groups is 4. The summed E-state index contributed by atoms with van der Waals surface area (Å²) in [7, 11) is 0. The largest absolute Gasteiger partial charge is 0.452 e. The van der Waals surface area contributed by atoms with Crippen LogP contribution in [0.15, 0.2) is 60.7 Å². The molecule has 0 bridgehead atoms. The van der Waals surface area contributed by atoms with E-state index in [-0.39, 0.29) is 24.1 Å². The van der Waals surface area contributed by atoms with Crippen molar-refractivity contribution in [3.05, 3.63) is 77.4 Å². The number of amides is 3. The minimum Gasteiger partial charge on any atom is -0.452 e. The molecule has 5 rings (SSSR count). The van der Waals surface area contributed by atoms with Gasteiger partial charge in [-0.3, -0.25) is 14.4 Å². The lowest BCUT2D eigenvalue weighted by Gasteiger charge is -2.29. The lowest BCUT2D eigenvalue weighted by molar-refractivity contribution is -0.125. The van der Waals surface area contributed by atoms with Crippen LogP contribution in [-0.2, 0) is 9.53 Å². The normalized spacial score (nSPS) is 19.5. The van der Waals surface area contributed by atoms with E-state index in [0.717, 1.165) is 29.5 Å². The van der Waals surface area contributed by atoms with Gasteiger partial charge < -0.3 is 10.1 Å². The highest BCUT2D eigenvalue weighted by molar-refractivity contribution is 6.35. The number of rotatable bonds is 5. The minimum atomic E-state index is -0.644. The highest BCUT2D eigenvalue weighted by Crippen LogP contribution is 2.32. The van der Waals surface area contributed by atoms with Gasteiger partial charge in [0.1, 0.15) is 0 Å². The number of nitrogens with zero attached hydrogens (tertiary/aromatic N) is 1. The van der Waals surface area contributed by atoms with Gasteiger partial charge in [0.05, 0.1) is 11.3 Å². The zero-order valence-electron chi connectivity index (χ0n) is 19.5. The first-order valence-electron chi connectivity index (χ1n) is 11.9. The Morgan fingerprint density at radius 1 is 0.914 bits per heavy atom. The number of carbonyl (C=O) groups excluding carboxylic acids is 4. The molecule has 0 radical (unpaired) electrons. The van der Waals surface area contributed by atoms with E-state index in [0.29, 0.717) is 28.1 Å². The summed E-state index contributed by atoms with van der Waals surface area (Å²) in [5.74, 6) is -1.37. The molecule has 178 valence electrons. The van der Waals surface area contributed by atoms with E-state index < -0.39 is 17.8 Å². The first-order chi connectivity index (χ1) is 16.9. The maximum absolute atomic E-state index is 13.2. The van der Waals surface area contributed by atoms with Crippen LogP contribution >= 0.6 is 0 Å². The molecule has 2 aliphatic rings. The maximum atomic E-state index is 13.2. The second-order valence-electron chi connectivity index (χ2n) is 9.21. The van der Waals surface area contributed by atoms with Crippen LogP contribution in [0.5, 0.6) is 0 Å². The maximum Gasteiger partial charge on any atom is 0.338 e. The molecule has 1 aliphatic carbocycles. The van der Waals surface area contributed by atoms with Crippen molar-refractivity contribution in [2.45, 2.75) is 38.6 Å². The van der Waals surface area contributed by atoms with Crippen molar-refractivity contribution in [3.8, 4) is 0 Å². The summed E-state index contributed by atoms with van der Waals surface area (Å²) in [6.07, 6.45) is 4.29. The second kappa shape index (κ2) is 9.33. The minimum absolute atomic E-state index is 0.116. The number of hydrogen-bond acceptors (Lipinski definition) is 5. The molecule has 2 atom stereocenters. The summed E-state index contributed by atoms with van der Waals surface area (Å²) >= 11 is 0. The smallest absolute Gasteiger partial charge is 0.338 e. The molecule has 1 aliphatic heterocycles. The summed E-state index contributed by atoms with van der Waals surface area (Å²) < 4.78 is 5.18. The molecule has 7 nitrogen and oxygen atoms in total. The van der Waals surface area contributed by atoms with Gasteiger partial charge in [-0.2, -0.15) is 0 Å². The van der Waals surface area contributed by atoms with Gasteiger partial charge in [0.2, 0.25) is 0 Å². The van der Waals surface area contributed by atoms with E-state index in [2.05, 4.69) is 12.2 Å². The van der Waals surface area contributed by atoms with Crippen molar-refractivity contribution in [2.75, 3.05) is 11.5 Å². The fourth-order valence-corrected chi connectivity index (χ4v) is 5.01. The Kier molecular flexibility index (Phi) is 6.07. The Balaban J connectivity index is 1.26. The topological polar surface area (TPSA) is 92.8 Å². The summed E-state index contributed by atoms with van der Waals surface area (Å²) in [6.45, 7) is 1.77. The summed E-state index contributed by atoms with van der Waals surface area (Å²) in [6, 6.07) is 16.9. The fraction of sp³-hybridized carbons (Fsp3) is 0.286. The van der Waals surface area contributed by atoms with Crippen LogP contribution in [-0.4, -0.2) is 36.3 Å². The summed E-state index contributed by atoms with van der Waals surface area (Å²) in [5.41, 5.74) is 1.50. The molecule has 1 N–H and O–H groups in total. The number of anilines is 1. The average Bonchev–Trinajstić information content (AvgIpc) is 2.87. The number of nitrogens with one attached hydrogen (secondary N) is 1. The third-order valence-corrected chi connectivity index (χ3v) is 6.93. The van der Waals surface area contributed by atoms with Crippen molar-refractivity contribution in [1.82, 2.24) is 5.32 Å². The Bertz CT molecular complexity index is 1280. The van der Waals surface area contributed by atoms with E-state index >= 15 is 0 Å². The summed E-state index contributed by atoms with van der Waals surface area (Å²) in [5, 5.41) is 4.45. The van der Waals surface area contributed by atoms with Gasteiger partial charge in [-0.05, 0) is 60.5 Å². The number of esters is 1. The van der Waals surface area contributed by atoms with Crippen LogP contribution in [0, 0.1) is 5.92 Å². The van der Waals surface area contributed by atoms with Crippen LogP contribution in [0.2, 0.25) is 0 Å². The number of imide groups is 1. The fourth-order valence-electron chi connectivity index (χ4n) is 5.01. The molecule has 0 aromatic heterocycles. The highest BCUT2D eigenvalue weighted by Gasteiger charge is 2.33. The Hall–Kier alpha value is -4.00. The van der Waals surface area contributed by atoms with Gasteiger partial charge >= 0.3 is 5.97 Å². The molecule has 7 heteroatoms. The second-order valence-corrected chi connectivity index (χ2v) is 9.21. The number of benzene rings is 3. The van der Waals surface area contributed by atoms with Gasteiger partial charge in [-0.1, -0.05) is 44.0 Å². The molecule has 3 aromatic rings. The van der Waals surface area contributed by atoms with Crippen LogP contribution in [0.3, 0.4) is 0 Å². The molecule has 35 heavy (non-hydrogen) atoms. The molecule has 3 aromatic carbocycles. The van der Waals surface area contributed by atoms with E-state index in [9.17, 15) is 19.2 Å². The highest BCUT2D eigenvalue weighted by atomic mass is 16.5. The van der Waals surface area contributed by atoms with Crippen molar-refractivity contribution in [3.63, 3.8) is 0 Å². The molecule has 0 spiro atoms. The van der Waals surface area contributed by atoms with Crippen LogP contribution in [0.1, 0.15) is 63.7 Å². The van der Waals surface area contributed by atoms with Crippen molar-refractivity contribution < 1.29 is 23.9 Å². The molecule has 1 saturated carbocycles. The standard InChI is InChI=1S/C28H26N2O5/c1-17-6-2-3-11-23(17)29-24(31)16-35-28(34)19-12-14-20(15-13-19)30-26(32)21-9-4-7-18-8-5-10-22(25(18)21)27(30)33/h4-5,7-10,12-15,17,23H,2-3,6,11,16H2,1H3,(H,29,31). The van der Waals surface area contributed by atoms with Gasteiger partial charge in [0, 0.05) is 22.6 Å². The monoisotopic (exact) mass is 470 g/mol. The molecule has 2 unspecified atom stereocenters. The van der Waals surface area contributed by atoms with E-state index in [1.807, 2.05) is 12.1 Å². The molecule has 0 saturated heterocycles. The Morgan fingerprint density at radius 3 is 2.17 bits per heavy atom. The summed E-state index contributed by atoms with van der Waals surface area (Å²) in [4.78, 5) is 52.1. The van der Waals surface area contributed by atoms with E-state index in [4.69, 9.17) is 4.74 Å². The first kappa shape index (κ1) is 22.8. The lowest BCUT2D eigenvalue weighted by Crippen LogP contribution is -2.42. The van der Waals surface area contributed by atoms with Crippen LogP contribution in [0.4, 0.5) is 5.69 Å². The Labute approximate surface area is 203 Å². The number of ether oxygens (including phenoxy) is 1. The van der Waals surface area contributed by atoms with E-state index in [1.165, 1.54) is 30.7 Å². The van der Waals surface area contributed by atoms with Crippen LogP contribution < -0.4 is 10.2 Å². The molecular weight excluding hydrogens is 444 g/mol. The average molecular weight is 471 g/mol. The van der Waals surface area contributed by atoms with Gasteiger partial charge in [0.25, 0.3) is 17.7 Å². The third kappa shape index (κ3) is 4.30. The number of hydrogen-bond donors (Lipinski definition) is 1. The first-order valence-corrected chi connectivity index (χ1v) is 11.9. The van der Waals surface area contributed by atoms with E-state index in [1.54, 1.807) is 24.3 Å². The quantitative estimate of drug-likeness (QED) is 0.438. The van der Waals surface area contributed by atoms with Crippen molar-refractivity contribution >= 4 is 40.2 Å².